The van der Waals surface area contributed by atoms with Crippen LogP contribution >= 0.6 is 0 Å². The number of para-hydroxylation sites is 1. The molecule has 0 aliphatic heterocycles. The van der Waals surface area contributed by atoms with Crippen molar-refractivity contribution in [2.75, 3.05) is 0 Å². The van der Waals surface area contributed by atoms with Crippen molar-refractivity contribution in [3.8, 4) is 17.2 Å². The molecular formula is C23H13NO5. The van der Waals surface area contributed by atoms with Crippen molar-refractivity contribution < 1.29 is 18.4 Å². The van der Waals surface area contributed by atoms with Crippen molar-refractivity contribution in [2.24, 2.45) is 0 Å². The second-order valence-corrected chi connectivity index (χ2v) is 6.39. The van der Waals surface area contributed by atoms with Gasteiger partial charge in [-0.3, -0.25) is 0 Å². The molecule has 3 aromatic carbocycles. The fourth-order valence-corrected chi connectivity index (χ4v) is 3.04. The summed E-state index contributed by atoms with van der Waals surface area (Å²) in [6.07, 6.45) is 0. The topological polar surface area (TPSA) is 82.5 Å². The van der Waals surface area contributed by atoms with E-state index in [1.807, 2.05) is 30.3 Å². The predicted molar refractivity (Wildman–Crippen MR) is 107 cm³/mol. The number of rotatable bonds is 3. The average Bonchev–Trinajstić information content (AvgIpc) is 3.17. The Kier molecular flexibility index (Phi) is 3.95. The third-order valence-corrected chi connectivity index (χ3v) is 4.45. The zero-order valence-corrected chi connectivity index (χ0v) is 15.0. The number of nitrogens with zero attached hydrogens (tertiary/aromatic N) is 1. The molecule has 29 heavy (non-hydrogen) atoms. The molecule has 0 N–H and O–H groups in total. The summed E-state index contributed by atoms with van der Waals surface area (Å²) in [5.74, 6) is -0.0864. The average molecular weight is 383 g/mol. The van der Waals surface area contributed by atoms with Crippen LogP contribution in [0.2, 0.25) is 0 Å². The Hall–Kier alpha value is -4.19. The number of esters is 1. The van der Waals surface area contributed by atoms with E-state index in [0.29, 0.717) is 28.0 Å². The van der Waals surface area contributed by atoms with Crippen LogP contribution in [0, 0.1) is 0 Å². The van der Waals surface area contributed by atoms with Crippen LogP contribution in [0.3, 0.4) is 0 Å². The van der Waals surface area contributed by atoms with Crippen LogP contribution in [-0.2, 0) is 0 Å². The van der Waals surface area contributed by atoms with Gasteiger partial charge in [-0.2, -0.15) is 0 Å². The second-order valence-electron chi connectivity index (χ2n) is 6.39. The molecular weight excluding hydrogens is 370 g/mol. The standard InChI is InChI=1S/C23H13NO5/c25-22(17-12-15-8-4-5-9-19(15)29-23(17)26)27-16-10-11-18-20(13-16)28-21(24-18)14-6-2-1-3-7-14/h1-13H. The minimum Gasteiger partial charge on any atom is -0.436 e. The Morgan fingerprint density at radius 1 is 0.828 bits per heavy atom. The predicted octanol–water partition coefficient (Wildman–Crippen LogP) is 4.82. The maximum absolute atomic E-state index is 12.5. The molecule has 2 heterocycles. The lowest BCUT2D eigenvalue weighted by Gasteiger charge is -2.04. The first-order valence-electron chi connectivity index (χ1n) is 8.88. The first-order valence-corrected chi connectivity index (χ1v) is 8.88. The zero-order chi connectivity index (χ0) is 19.8. The van der Waals surface area contributed by atoms with Crippen molar-refractivity contribution in [3.63, 3.8) is 0 Å². The minimum absolute atomic E-state index is 0.175. The Balaban J connectivity index is 1.46. The molecule has 2 aromatic heterocycles. The zero-order valence-electron chi connectivity index (χ0n) is 15.0. The van der Waals surface area contributed by atoms with E-state index in [2.05, 4.69) is 4.98 Å². The number of benzene rings is 3. The highest BCUT2D eigenvalue weighted by Gasteiger charge is 2.17. The van der Waals surface area contributed by atoms with Gasteiger partial charge in [-0.1, -0.05) is 36.4 Å². The first-order chi connectivity index (χ1) is 14.2. The molecule has 0 aliphatic rings. The SMILES string of the molecule is O=C(Oc1ccc2nc(-c3ccccc3)oc2c1)c1cc2ccccc2oc1=O. The van der Waals surface area contributed by atoms with E-state index < -0.39 is 11.6 Å². The molecule has 6 heteroatoms. The highest BCUT2D eigenvalue weighted by molar-refractivity contribution is 5.94. The molecule has 0 atom stereocenters. The highest BCUT2D eigenvalue weighted by Crippen LogP contribution is 2.27. The maximum atomic E-state index is 12.5. The quantitative estimate of drug-likeness (QED) is 0.252. The van der Waals surface area contributed by atoms with Crippen LogP contribution in [0.25, 0.3) is 33.5 Å². The number of fused-ring (bicyclic) bond motifs is 2. The third kappa shape index (κ3) is 3.17. The van der Waals surface area contributed by atoms with Crippen molar-refractivity contribution in [1.82, 2.24) is 4.98 Å². The summed E-state index contributed by atoms with van der Waals surface area (Å²) in [4.78, 5) is 29.1. The van der Waals surface area contributed by atoms with Crippen LogP contribution in [0.1, 0.15) is 10.4 Å². The molecule has 0 bridgehead atoms. The molecule has 140 valence electrons. The number of aromatic nitrogens is 1. The molecule has 0 saturated heterocycles. The molecule has 0 saturated carbocycles. The number of ether oxygens (including phenoxy) is 1. The van der Waals surface area contributed by atoms with Crippen molar-refractivity contribution in [2.45, 2.75) is 0 Å². The van der Waals surface area contributed by atoms with Crippen LogP contribution in [0.5, 0.6) is 5.75 Å². The number of carbonyl (C=O) groups is 1. The summed E-state index contributed by atoms with van der Waals surface area (Å²) in [5, 5.41) is 0.636. The van der Waals surface area contributed by atoms with Crippen molar-refractivity contribution in [3.05, 3.63) is 94.8 Å². The fraction of sp³-hybridized carbons (Fsp3) is 0. The normalized spacial score (nSPS) is 11.0. The van der Waals surface area contributed by atoms with Crippen LogP contribution in [0.15, 0.2) is 92.5 Å². The molecule has 0 radical (unpaired) electrons. The van der Waals surface area contributed by atoms with E-state index in [4.69, 9.17) is 13.6 Å². The van der Waals surface area contributed by atoms with Gasteiger partial charge in [-0.25, -0.2) is 14.6 Å². The van der Waals surface area contributed by atoms with E-state index in [1.165, 1.54) is 6.07 Å². The van der Waals surface area contributed by atoms with Crippen molar-refractivity contribution in [1.29, 1.82) is 0 Å². The van der Waals surface area contributed by atoms with Gasteiger partial charge >= 0.3 is 11.6 Å². The van der Waals surface area contributed by atoms with E-state index in [-0.39, 0.29) is 11.3 Å². The molecule has 0 aliphatic carbocycles. The maximum Gasteiger partial charge on any atom is 0.351 e. The van der Waals surface area contributed by atoms with Gasteiger partial charge in [-0.05, 0) is 36.4 Å². The monoisotopic (exact) mass is 383 g/mol. The third-order valence-electron chi connectivity index (χ3n) is 4.45. The summed E-state index contributed by atoms with van der Waals surface area (Å²) in [7, 11) is 0. The van der Waals surface area contributed by atoms with E-state index in [9.17, 15) is 9.59 Å². The Bertz CT molecular complexity index is 1420. The molecule has 0 fully saturated rings. The Morgan fingerprint density at radius 2 is 1.62 bits per heavy atom. The molecule has 6 nitrogen and oxygen atoms in total. The van der Waals surface area contributed by atoms with Gasteiger partial charge in [0.1, 0.15) is 22.4 Å². The first kappa shape index (κ1) is 16.9. The lowest BCUT2D eigenvalue weighted by Crippen LogP contribution is -2.18. The van der Waals surface area contributed by atoms with E-state index in [1.54, 1.807) is 42.5 Å². The molecule has 5 rings (SSSR count). The summed E-state index contributed by atoms with van der Waals surface area (Å²) in [6.45, 7) is 0. The summed E-state index contributed by atoms with van der Waals surface area (Å²) in [5.41, 5.74) is 1.43. The molecule has 5 aromatic rings. The molecule has 0 unspecified atom stereocenters. The smallest absolute Gasteiger partial charge is 0.351 e. The Labute approximate surface area is 164 Å². The van der Waals surface area contributed by atoms with Gasteiger partial charge < -0.3 is 13.6 Å². The summed E-state index contributed by atoms with van der Waals surface area (Å²) >= 11 is 0. The number of oxazole rings is 1. The molecule has 0 amide bonds. The second kappa shape index (κ2) is 6.76. The van der Waals surface area contributed by atoms with Gasteiger partial charge in [0.2, 0.25) is 5.89 Å². The lowest BCUT2D eigenvalue weighted by molar-refractivity contribution is 0.0730. The number of hydrogen-bond acceptors (Lipinski definition) is 6. The lowest BCUT2D eigenvalue weighted by atomic mass is 10.2. The van der Waals surface area contributed by atoms with Crippen molar-refractivity contribution >= 4 is 28.0 Å². The van der Waals surface area contributed by atoms with E-state index >= 15 is 0 Å². The highest BCUT2D eigenvalue weighted by atomic mass is 16.5. The molecule has 0 spiro atoms. The van der Waals surface area contributed by atoms with Gasteiger partial charge in [0, 0.05) is 17.0 Å². The van der Waals surface area contributed by atoms with Gasteiger partial charge in [0.15, 0.2) is 5.58 Å². The minimum atomic E-state index is -0.799. The van der Waals surface area contributed by atoms with Gasteiger partial charge in [0.05, 0.1) is 0 Å². The number of hydrogen-bond donors (Lipinski definition) is 0. The number of carbonyl (C=O) groups excluding carboxylic acids is 1. The van der Waals surface area contributed by atoms with Crippen LogP contribution < -0.4 is 10.4 Å². The Morgan fingerprint density at radius 3 is 2.48 bits per heavy atom. The summed E-state index contributed by atoms with van der Waals surface area (Å²) in [6, 6.07) is 22.8. The van der Waals surface area contributed by atoms with E-state index in [0.717, 1.165) is 5.56 Å². The van der Waals surface area contributed by atoms with Gasteiger partial charge in [-0.15, -0.1) is 0 Å². The van der Waals surface area contributed by atoms with Crippen LogP contribution in [-0.4, -0.2) is 11.0 Å². The largest absolute Gasteiger partial charge is 0.436 e. The van der Waals surface area contributed by atoms with Gasteiger partial charge in [0.25, 0.3) is 0 Å². The van der Waals surface area contributed by atoms with Crippen LogP contribution in [0.4, 0.5) is 0 Å². The summed E-state index contributed by atoms with van der Waals surface area (Å²) < 4.78 is 16.3. The fourth-order valence-electron chi connectivity index (χ4n) is 3.04.